The van der Waals surface area contributed by atoms with Gasteiger partial charge in [-0.2, -0.15) is 0 Å². The summed E-state index contributed by atoms with van der Waals surface area (Å²) in [5.41, 5.74) is 1.36. The second-order valence-corrected chi connectivity index (χ2v) is 19.5. The fourth-order valence-electron chi connectivity index (χ4n) is 4.79. The number of carbonyl (C=O) groups excluding carboxylic acids is 1. The molecule has 1 amide bonds. The first-order valence-corrected chi connectivity index (χ1v) is 17.6. The van der Waals surface area contributed by atoms with Crippen LogP contribution in [0.1, 0.15) is 73.2 Å². The lowest BCUT2D eigenvalue weighted by molar-refractivity contribution is 0.00578. The van der Waals surface area contributed by atoms with Gasteiger partial charge >= 0.3 is 13.2 Å². The number of imidazole rings is 1. The summed E-state index contributed by atoms with van der Waals surface area (Å²) in [5.74, 6) is 0.836. The summed E-state index contributed by atoms with van der Waals surface area (Å²) >= 11 is 0. The lowest BCUT2D eigenvalue weighted by atomic mass is 9.79. The number of benzene rings is 1. The Morgan fingerprint density at radius 1 is 1.16 bits per heavy atom. The highest BCUT2D eigenvalue weighted by molar-refractivity contribution is 6.76. The van der Waals surface area contributed by atoms with Crippen molar-refractivity contribution in [3.63, 3.8) is 0 Å². The van der Waals surface area contributed by atoms with Crippen molar-refractivity contribution in [3.8, 4) is 0 Å². The van der Waals surface area contributed by atoms with Crippen LogP contribution in [0, 0.1) is 0 Å². The Balaban J connectivity index is 1.67. The Labute approximate surface area is 229 Å². The first-order valence-electron chi connectivity index (χ1n) is 13.9. The minimum atomic E-state index is -1.21. The van der Waals surface area contributed by atoms with E-state index in [4.69, 9.17) is 23.8 Å². The topological polar surface area (TPSA) is 75.0 Å². The molecule has 2 fully saturated rings. The third-order valence-corrected chi connectivity index (χ3v) is 9.43. The predicted molar refractivity (Wildman–Crippen MR) is 154 cm³/mol. The van der Waals surface area contributed by atoms with Crippen LogP contribution in [0.15, 0.2) is 18.2 Å². The molecule has 0 N–H and O–H groups in total. The Morgan fingerprint density at radius 2 is 1.82 bits per heavy atom. The molecule has 210 valence electrons. The Morgan fingerprint density at radius 3 is 2.42 bits per heavy atom. The molecule has 0 spiro atoms. The SMILES string of the molecule is CC(C)(C)OC(=O)N1CCCC1c1nc2cc(B3OC(C)(C)C(C)(C)O3)ccc2n1COCC[Si](C)(C)C. The summed E-state index contributed by atoms with van der Waals surface area (Å²) in [6, 6.07) is 7.09. The van der Waals surface area contributed by atoms with Crippen LogP contribution in [0.5, 0.6) is 0 Å². The van der Waals surface area contributed by atoms with Crippen LogP contribution < -0.4 is 5.46 Å². The van der Waals surface area contributed by atoms with Gasteiger partial charge in [-0.05, 0) is 84.9 Å². The number of carbonyl (C=O) groups is 1. The van der Waals surface area contributed by atoms with E-state index in [0.717, 1.165) is 41.2 Å². The molecule has 0 bridgehead atoms. The Bertz CT molecular complexity index is 1150. The van der Waals surface area contributed by atoms with Crippen LogP contribution in [-0.2, 0) is 25.5 Å². The summed E-state index contributed by atoms with van der Waals surface area (Å²) in [6.45, 7) is 22.7. The highest BCUT2D eigenvalue weighted by atomic mass is 28.3. The molecular weight excluding hydrogens is 497 g/mol. The molecule has 2 aliphatic rings. The summed E-state index contributed by atoms with van der Waals surface area (Å²) in [7, 11) is -1.68. The van der Waals surface area contributed by atoms with Crippen molar-refractivity contribution in [2.24, 2.45) is 0 Å². The molecule has 0 aliphatic carbocycles. The molecule has 0 radical (unpaired) electrons. The van der Waals surface area contributed by atoms with Gasteiger partial charge < -0.3 is 23.3 Å². The van der Waals surface area contributed by atoms with Crippen molar-refractivity contribution in [3.05, 3.63) is 24.0 Å². The number of hydrogen-bond acceptors (Lipinski definition) is 6. The van der Waals surface area contributed by atoms with Gasteiger partial charge in [0, 0.05) is 21.2 Å². The van der Waals surface area contributed by atoms with E-state index in [0.29, 0.717) is 19.9 Å². The number of rotatable bonds is 7. The minimum absolute atomic E-state index is 0.168. The van der Waals surface area contributed by atoms with E-state index in [9.17, 15) is 4.79 Å². The number of fused-ring (bicyclic) bond motifs is 1. The van der Waals surface area contributed by atoms with E-state index < -0.39 is 32.0 Å². The third kappa shape index (κ3) is 6.29. The van der Waals surface area contributed by atoms with Crippen molar-refractivity contribution >= 4 is 37.8 Å². The first kappa shape index (κ1) is 29.1. The standard InChI is InChI=1S/C28H46BN3O5Si/c1-26(2,3)35-25(33)31-15-11-12-23(31)24-30-21-18-20(29-36-27(4,5)28(6,7)37-29)13-14-22(21)32(24)19-34-16-17-38(8,9)10/h13-14,18,23H,11-12,15-17,19H2,1-10H3. The smallest absolute Gasteiger partial charge is 0.444 e. The average molecular weight is 544 g/mol. The fourth-order valence-corrected chi connectivity index (χ4v) is 5.55. The second-order valence-electron chi connectivity index (χ2n) is 13.9. The van der Waals surface area contributed by atoms with E-state index in [1.54, 1.807) is 0 Å². The molecule has 0 saturated carbocycles. The van der Waals surface area contributed by atoms with Gasteiger partial charge in [0.05, 0.1) is 28.3 Å². The van der Waals surface area contributed by atoms with Crippen LogP contribution in [0.3, 0.4) is 0 Å². The molecule has 4 rings (SSSR count). The minimum Gasteiger partial charge on any atom is -0.444 e. The largest absolute Gasteiger partial charge is 0.494 e. The maximum Gasteiger partial charge on any atom is 0.494 e. The molecule has 2 aliphatic heterocycles. The lowest BCUT2D eigenvalue weighted by Gasteiger charge is -2.32. The summed E-state index contributed by atoms with van der Waals surface area (Å²) in [5, 5.41) is 0. The summed E-state index contributed by atoms with van der Waals surface area (Å²) < 4.78 is 26.7. The number of likely N-dealkylation sites (tertiary alicyclic amines) is 1. The van der Waals surface area contributed by atoms with Crippen LogP contribution >= 0.6 is 0 Å². The van der Waals surface area contributed by atoms with E-state index in [1.807, 2.05) is 31.7 Å². The van der Waals surface area contributed by atoms with Gasteiger partial charge in [0.15, 0.2) is 0 Å². The molecule has 3 heterocycles. The number of ether oxygens (including phenoxy) is 2. The van der Waals surface area contributed by atoms with Crippen molar-refractivity contribution in [1.82, 2.24) is 14.5 Å². The molecule has 1 aromatic heterocycles. The quantitative estimate of drug-likeness (QED) is 0.329. The Hall–Kier alpha value is -1.88. The lowest BCUT2D eigenvalue weighted by Crippen LogP contribution is -2.41. The maximum absolute atomic E-state index is 13.1. The van der Waals surface area contributed by atoms with E-state index in [-0.39, 0.29) is 12.1 Å². The van der Waals surface area contributed by atoms with E-state index in [2.05, 4.69) is 64.0 Å². The molecule has 2 saturated heterocycles. The average Bonchev–Trinajstić information content (AvgIpc) is 3.43. The van der Waals surface area contributed by atoms with Crippen LogP contribution in [-0.4, -0.2) is 65.7 Å². The molecule has 1 atom stereocenters. The van der Waals surface area contributed by atoms with Crippen LogP contribution in [0.2, 0.25) is 25.7 Å². The molecule has 8 nitrogen and oxygen atoms in total. The van der Waals surface area contributed by atoms with E-state index in [1.165, 1.54) is 0 Å². The van der Waals surface area contributed by atoms with Crippen LogP contribution in [0.4, 0.5) is 4.79 Å². The second kappa shape index (κ2) is 10.3. The molecule has 1 aromatic carbocycles. The van der Waals surface area contributed by atoms with Gasteiger partial charge in [-0.15, -0.1) is 0 Å². The van der Waals surface area contributed by atoms with Crippen LogP contribution in [0.25, 0.3) is 11.0 Å². The maximum atomic E-state index is 13.1. The number of aromatic nitrogens is 2. The zero-order valence-corrected chi connectivity index (χ0v) is 26.0. The predicted octanol–water partition coefficient (Wildman–Crippen LogP) is 5.72. The molecule has 10 heteroatoms. The highest BCUT2D eigenvalue weighted by Crippen LogP contribution is 2.37. The Kier molecular flexibility index (Phi) is 7.86. The normalized spacial score (nSPS) is 21.5. The van der Waals surface area contributed by atoms with Crippen molar-refractivity contribution in [1.29, 1.82) is 0 Å². The monoisotopic (exact) mass is 543 g/mol. The first-order chi connectivity index (χ1) is 17.5. The number of hydrogen-bond donors (Lipinski definition) is 0. The molecule has 2 aromatic rings. The van der Waals surface area contributed by atoms with Gasteiger partial charge in [0.2, 0.25) is 0 Å². The third-order valence-electron chi connectivity index (χ3n) is 7.72. The summed E-state index contributed by atoms with van der Waals surface area (Å²) in [4.78, 5) is 20.0. The van der Waals surface area contributed by atoms with Crippen molar-refractivity contribution in [2.45, 2.75) is 117 Å². The van der Waals surface area contributed by atoms with E-state index >= 15 is 0 Å². The number of amides is 1. The van der Waals surface area contributed by atoms with Gasteiger partial charge in [0.25, 0.3) is 0 Å². The molecule has 38 heavy (non-hydrogen) atoms. The van der Waals surface area contributed by atoms with Crippen molar-refractivity contribution in [2.75, 3.05) is 13.2 Å². The van der Waals surface area contributed by atoms with Crippen molar-refractivity contribution < 1.29 is 23.6 Å². The van der Waals surface area contributed by atoms with Gasteiger partial charge in [-0.3, -0.25) is 4.90 Å². The zero-order valence-electron chi connectivity index (χ0n) is 25.0. The highest BCUT2D eigenvalue weighted by Gasteiger charge is 2.51. The fraction of sp³-hybridized carbons (Fsp3) is 0.714. The number of nitrogens with zero attached hydrogens (tertiary/aromatic N) is 3. The van der Waals surface area contributed by atoms with Gasteiger partial charge in [-0.25, -0.2) is 9.78 Å². The molecular formula is C28H46BN3O5Si. The zero-order chi connectivity index (χ0) is 28.1. The van der Waals surface area contributed by atoms with Gasteiger partial charge in [0.1, 0.15) is 18.2 Å². The van der Waals surface area contributed by atoms with Gasteiger partial charge in [-0.1, -0.05) is 25.7 Å². The summed E-state index contributed by atoms with van der Waals surface area (Å²) in [6.07, 6.45) is 1.45. The molecule has 1 unspecified atom stereocenters.